The Labute approximate surface area is 163 Å². The highest BCUT2D eigenvalue weighted by molar-refractivity contribution is 6.12. The lowest BCUT2D eigenvalue weighted by atomic mass is 10.0. The number of carbonyl (C=O) groups is 2. The summed E-state index contributed by atoms with van der Waals surface area (Å²) < 4.78 is 1.82. The quantitative estimate of drug-likeness (QED) is 0.758. The minimum absolute atomic E-state index is 0.112. The van der Waals surface area contributed by atoms with Crippen molar-refractivity contribution in [2.75, 3.05) is 17.3 Å². The smallest absolute Gasteiger partial charge is 0.256 e. The van der Waals surface area contributed by atoms with E-state index < -0.39 is 0 Å². The van der Waals surface area contributed by atoms with Crippen LogP contribution in [0.5, 0.6) is 0 Å². The fourth-order valence-corrected chi connectivity index (χ4v) is 3.64. The van der Waals surface area contributed by atoms with E-state index in [2.05, 4.69) is 15.4 Å². The van der Waals surface area contributed by atoms with Gasteiger partial charge in [0.15, 0.2) is 5.65 Å². The molecular formula is C21H23N5O2. The number of nitrogens with one attached hydrogen (secondary N) is 1. The van der Waals surface area contributed by atoms with Crippen molar-refractivity contribution in [3.05, 3.63) is 47.3 Å². The van der Waals surface area contributed by atoms with E-state index in [-0.39, 0.29) is 17.9 Å². The minimum Gasteiger partial charge on any atom is -0.322 e. The summed E-state index contributed by atoms with van der Waals surface area (Å²) in [6.07, 6.45) is 2.87. The molecule has 1 aromatic carbocycles. The Kier molecular flexibility index (Phi) is 4.37. The van der Waals surface area contributed by atoms with Gasteiger partial charge in [0.05, 0.1) is 17.1 Å². The molecule has 2 aromatic heterocycles. The molecule has 0 bridgehead atoms. The third kappa shape index (κ3) is 3.02. The average Bonchev–Trinajstić information content (AvgIpc) is 3.08. The third-order valence-electron chi connectivity index (χ3n) is 5.11. The van der Waals surface area contributed by atoms with Gasteiger partial charge in [-0.3, -0.25) is 9.59 Å². The summed E-state index contributed by atoms with van der Waals surface area (Å²) in [5.74, 6) is -0.0832. The molecule has 3 aromatic rings. The number of hydrogen-bond acceptors (Lipinski definition) is 4. The van der Waals surface area contributed by atoms with Gasteiger partial charge in [-0.15, -0.1) is 0 Å². The first-order valence-electron chi connectivity index (χ1n) is 9.41. The van der Waals surface area contributed by atoms with Gasteiger partial charge in [0.1, 0.15) is 0 Å². The Balaban J connectivity index is 1.67. The number of amides is 2. The van der Waals surface area contributed by atoms with Gasteiger partial charge in [-0.2, -0.15) is 5.10 Å². The number of aryl methyl sites for hydroxylation is 2. The van der Waals surface area contributed by atoms with Crippen LogP contribution >= 0.6 is 0 Å². The summed E-state index contributed by atoms with van der Waals surface area (Å²) in [6, 6.07) is 7.59. The standard InChI is InChI=1S/C21H23N5O2/c1-12(2)26-20-17(11-22-26)16(9-13(3)23-20)21(28)24-15-6-7-18-14(10-15)5-8-19(27)25(18)4/h6-7,9-12H,5,8H2,1-4H3,(H,24,28). The van der Waals surface area contributed by atoms with Gasteiger partial charge in [0.25, 0.3) is 5.91 Å². The molecule has 0 spiro atoms. The van der Waals surface area contributed by atoms with Crippen LogP contribution in [-0.2, 0) is 11.2 Å². The second-order valence-electron chi connectivity index (χ2n) is 7.48. The van der Waals surface area contributed by atoms with Crippen LogP contribution in [0.25, 0.3) is 11.0 Å². The van der Waals surface area contributed by atoms with Gasteiger partial charge in [-0.05, 0) is 57.0 Å². The van der Waals surface area contributed by atoms with E-state index in [9.17, 15) is 9.59 Å². The van der Waals surface area contributed by atoms with Crippen LogP contribution in [0.3, 0.4) is 0 Å². The molecule has 3 heterocycles. The molecule has 1 aliphatic rings. The van der Waals surface area contributed by atoms with Crippen molar-refractivity contribution in [3.63, 3.8) is 0 Å². The lowest BCUT2D eigenvalue weighted by Crippen LogP contribution is -2.31. The Morgan fingerprint density at radius 3 is 2.75 bits per heavy atom. The molecule has 2 amide bonds. The van der Waals surface area contributed by atoms with Crippen molar-refractivity contribution in [2.24, 2.45) is 0 Å². The fourth-order valence-electron chi connectivity index (χ4n) is 3.64. The normalized spacial score (nSPS) is 13.9. The number of aromatic nitrogens is 3. The highest BCUT2D eigenvalue weighted by atomic mass is 16.2. The zero-order chi connectivity index (χ0) is 20.0. The van der Waals surface area contributed by atoms with Crippen molar-refractivity contribution >= 4 is 34.2 Å². The first-order valence-corrected chi connectivity index (χ1v) is 9.41. The van der Waals surface area contributed by atoms with Crippen molar-refractivity contribution in [1.82, 2.24) is 14.8 Å². The van der Waals surface area contributed by atoms with E-state index in [4.69, 9.17) is 0 Å². The third-order valence-corrected chi connectivity index (χ3v) is 5.11. The molecule has 4 rings (SSSR count). The zero-order valence-electron chi connectivity index (χ0n) is 16.5. The largest absolute Gasteiger partial charge is 0.322 e. The minimum atomic E-state index is -0.195. The Bertz CT molecular complexity index is 1100. The van der Waals surface area contributed by atoms with Crippen molar-refractivity contribution in [2.45, 2.75) is 39.7 Å². The van der Waals surface area contributed by atoms with Crippen LogP contribution < -0.4 is 10.2 Å². The van der Waals surface area contributed by atoms with E-state index in [1.165, 1.54) is 0 Å². The Morgan fingerprint density at radius 1 is 1.21 bits per heavy atom. The molecule has 0 radical (unpaired) electrons. The maximum Gasteiger partial charge on any atom is 0.256 e. The molecule has 0 fully saturated rings. The lowest BCUT2D eigenvalue weighted by molar-refractivity contribution is -0.118. The number of anilines is 2. The van der Waals surface area contributed by atoms with Crippen molar-refractivity contribution < 1.29 is 9.59 Å². The van der Waals surface area contributed by atoms with Crippen LogP contribution in [0.2, 0.25) is 0 Å². The highest BCUT2D eigenvalue weighted by Gasteiger charge is 2.22. The molecular weight excluding hydrogens is 354 g/mol. The summed E-state index contributed by atoms with van der Waals surface area (Å²) in [4.78, 5) is 31.1. The van der Waals surface area contributed by atoms with Crippen LogP contribution in [-0.4, -0.2) is 33.6 Å². The number of hydrogen-bond donors (Lipinski definition) is 1. The van der Waals surface area contributed by atoms with Gasteiger partial charge >= 0.3 is 0 Å². The maximum absolute atomic E-state index is 13.0. The molecule has 0 unspecified atom stereocenters. The molecule has 0 atom stereocenters. The average molecular weight is 377 g/mol. The first-order chi connectivity index (χ1) is 13.3. The first kappa shape index (κ1) is 18.2. The molecule has 0 aliphatic carbocycles. The summed E-state index contributed by atoms with van der Waals surface area (Å²) in [5, 5.41) is 8.12. The van der Waals surface area contributed by atoms with Gasteiger partial charge in [0, 0.05) is 36.6 Å². The number of benzene rings is 1. The summed E-state index contributed by atoms with van der Waals surface area (Å²) >= 11 is 0. The van der Waals surface area contributed by atoms with E-state index in [0.717, 1.165) is 22.3 Å². The number of fused-ring (bicyclic) bond motifs is 2. The summed E-state index contributed by atoms with van der Waals surface area (Å²) in [6.45, 7) is 5.94. The number of nitrogens with zero attached hydrogens (tertiary/aromatic N) is 4. The number of carbonyl (C=O) groups excluding carboxylic acids is 2. The van der Waals surface area contributed by atoms with Crippen LogP contribution in [0.1, 0.15) is 47.9 Å². The second kappa shape index (κ2) is 6.74. The van der Waals surface area contributed by atoms with Gasteiger partial charge in [-0.1, -0.05) is 0 Å². The molecule has 0 saturated heterocycles. The fraction of sp³-hybridized carbons (Fsp3) is 0.333. The molecule has 0 saturated carbocycles. The topological polar surface area (TPSA) is 80.1 Å². The summed E-state index contributed by atoms with van der Waals surface area (Å²) in [5.41, 5.74) is 4.71. The molecule has 1 aliphatic heterocycles. The van der Waals surface area contributed by atoms with Crippen molar-refractivity contribution in [3.8, 4) is 0 Å². The molecule has 144 valence electrons. The van der Waals surface area contributed by atoms with E-state index in [1.54, 1.807) is 24.2 Å². The molecule has 7 nitrogen and oxygen atoms in total. The predicted octanol–water partition coefficient (Wildman–Crippen LogP) is 3.48. The van der Waals surface area contributed by atoms with Crippen LogP contribution in [0, 0.1) is 6.92 Å². The number of pyridine rings is 1. The van der Waals surface area contributed by atoms with E-state index >= 15 is 0 Å². The van der Waals surface area contributed by atoms with Gasteiger partial charge < -0.3 is 10.2 Å². The summed E-state index contributed by atoms with van der Waals surface area (Å²) in [7, 11) is 1.78. The number of rotatable bonds is 3. The molecule has 28 heavy (non-hydrogen) atoms. The Hall–Kier alpha value is -3.22. The lowest BCUT2D eigenvalue weighted by Gasteiger charge is -2.26. The Morgan fingerprint density at radius 2 is 2.00 bits per heavy atom. The van der Waals surface area contributed by atoms with Gasteiger partial charge in [0.2, 0.25) is 5.91 Å². The molecule has 1 N–H and O–H groups in total. The predicted molar refractivity (Wildman–Crippen MR) is 109 cm³/mol. The zero-order valence-corrected chi connectivity index (χ0v) is 16.5. The van der Waals surface area contributed by atoms with E-state index in [1.807, 2.05) is 43.7 Å². The van der Waals surface area contributed by atoms with Crippen molar-refractivity contribution in [1.29, 1.82) is 0 Å². The monoisotopic (exact) mass is 377 g/mol. The second-order valence-corrected chi connectivity index (χ2v) is 7.48. The maximum atomic E-state index is 13.0. The highest BCUT2D eigenvalue weighted by Crippen LogP contribution is 2.30. The van der Waals surface area contributed by atoms with E-state index in [0.29, 0.717) is 29.7 Å². The van der Waals surface area contributed by atoms with Crippen LogP contribution in [0.4, 0.5) is 11.4 Å². The van der Waals surface area contributed by atoms with Gasteiger partial charge in [-0.25, -0.2) is 9.67 Å². The van der Waals surface area contributed by atoms with Crippen LogP contribution in [0.15, 0.2) is 30.5 Å². The SMILES string of the molecule is Cc1cc(C(=O)Nc2ccc3c(c2)CCC(=O)N3C)c2cnn(C(C)C)c2n1. The molecule has 7 heteroatoms.